The lowest BCUT2D eigenvalue weighted by molar-refractivity contribution is -0.138. The maximum absolute atomic E-state index is 12.9. The van der Waals surface area contributed by atoms with Crippen LogP contribution >= 0.6 is 11.8 Å². The van der Waals surface area contributed by atoms with Crippen molar-refractivity contribution in [1.29, 1.82) is 0 Å². The third-order valence-electron chi connectivity index (χ3n) is 2.41. The number of nitrogens with two attached hydrogens (primary N) is 1. The number of hydrogen-bond acceptors (Lipinski definition) is 4. The predicted octanol–water partition coefficient (Wildman–Crippen LogP) is 3.61. The highest BCUT2D eigenvalue weighted by Crippen LogP contribution is 2.36. The molecule has 0 aliphatic heterocycles. The number of halogens is 3. The minimum absolute atomic E-state index is 0.0698. The molecule has 3 nitrogen and oxygen atoms in total. The molecule has 0 aliphatic rings. The van der Waals surface area contributed by atoms with Crippen molar-refractivity contribution in [3.05, 3.63) is 41.3 Å². The molecule has 1 aromatic heterocycles. The quantitative estimate of drug-likeness (QED) is 0.937. The predicted molar refractivity (Wildman–Crippen MR) is 64.7 cm³/mol. The lowest BCUT2D eigenvalue weighted by Gasteiger charge is -2.12. The van der Waals surface area contributed by atoms with Gasteiger partial charge in [0.15, 0.2) is 0 Å². The second-order valence-electron chi connectivity index (χ2n) is 3.88. The van der Waals surface area contributed by atoms with Crippen molar-refractivity contribution >= 4 is 11.8 Å². The molecule has 102 valence electrons. The second kappa shape index (κ2) is 5.26. The Kier molecular flexibility index (Phi) is 3.86. The van der Waals surface area contributed by atoms with Crippen molar-refractivity contribution in [3.8, 4) is 0 Å². The summed E-state index contributed by atoms with van der Waals surface area (Å²) in [4.78, 5) is 4.44. The number of aryl methyl sites for hydroxylation is 1. The SMILES string of the molecule is Cc1coc(Sc2ccc(CN)c(C(F)(F)F)c2)n1. The summed E-state index contributed by atoms with van der Waals surface area (Å²) in [7, 11) is 0. The fourth-order valence-corrected chi connectivity index (χ4v) is 2.34. The van der Waals surface area contributed by atoms with E-state index in [-0.39, 0.29) is 12.1 Å². The van der Waals surface area contributed by atoms with E-state index < -0.39 is 11.7 Å². The molecule has 7 heteroatoms. The zero-order valence-electron chi connectivity index (χ0n) is 9.99. The first-order valence-electron chi connectivity index (χ1n) is 5.40. The van der Waals surface area contributed by atoms with E-state index in [1.54, 1.807) is 13.0 Å². The van der Waals surface area contributed by atoms with Gasteiger partial charge in [-0.2, -0.15) is 13.2 Å². The van der Waals surface area contributed by atoms with Gasteiger partial charge in [-0.15, -0.1) is 0 Å². The zero-order valence-corrected chi connectivity index (χ0v) is 10.8. The van der Waals surface area contributed by atoms with Crippen LogP contribution < -0.4 is 5.73 Å². The van der Waals surface area contributed by atoms with Crippen LogP contribution in [0.2, 0.25) is 0 Å². The molecule has 1 aromatic carbocycles. The summed E-state index contributed by atoms with van der Waals surface area (Å²) in [5, 5.41) is 0.311. The first-order chi connectivity index (χ1) is 8.90. The Morgan fingerprint density at radius 3 is 2.63 bits per heavy atom. The van der Waals surface area contributed by atoms with E-state index in [9.17, 15) is 13.2 Å². The molecule has 0 spiro atoms. The minimum atomic E-state index is -4.42. The van der Waals surface area contributed by atoms with Gasteiger partial charge >= 0.3 is 6.18 Å². The van der Waals surface area contributed by atoms with Crippen molar-refractivity contribution in [1.82, 2.24) is 4.98 Å². The Bertz CT molecular complexity index is 581. The molecular weight excluding hydrogens is 277 g/mol. The van der Waals surface area contributed by atoms with E-state index in [0.29, 0.717) is 15.8 Å². The molecule has 2 N–H and O–H groups in total. The van der Waals surface area contributed by atoms with Crippen LogP contribution in [0.1, 0.15) is 16.8 Å². The Morgan fingerprint density at radius 2 is 2.11 bits per heavy atom. The molecule has 0 atom stereocenters. The molecule has 0 aliphatic carbocycles. The molecule has 19 heavy (non-hydrogen) atoms. The monoisotopic (exact) mass is 288 g/mol. The Hall–Kier alpha value is -1.47. The standard InChI is InChI=1S/C12H11F3N2OS/c1-7-6-18-11(17-7)19-9-3-2-8(5-16)10(4-9)12(13,14)15/h2-4,6H,5,16H2,1H3. The summed E-state index contributed by atoms with van der Waals surface area (Å²) in [6.45, 7) is 1.59. The first kappa shape index (κ1) is 14.0. The molecule has 0 radical (unpaired) electrons. The Labute approximate surface area is 112 Å². The molecule has 0 fully saturated rings. The number of aromatic nitrogens is 1. The number of nitrogens with zero attached hydrogens (tertiary/aromatic N) is 1. The molecule has 1 heterocycles. The maximum atomic E-state index is 12.9. The summed E-state index contributed by atoms with van der Waals surface area (Å²) in [6.07, 6.45) is -2.97. The Balaban J connectivity index is 2.32. The number of oxazole rings is 1. The van der Waals surface area contributed by atoms with Crippen LogP contribution in [0.5, 0.6) is 0 Å². The summed E-state index contributed by atoms with van der Waals surface area (Å²) >= 11 is 1.04. The summed E-state index contributed by atoms with van der Waals surface area (Å²) in [5.41, 5.74) is 5.34. The van der Waals surface area contributed by atoms with E-state index in [0.717, 1.165) is 17.8 Å². The fraction of sp³-hybridized carbons (Fsp3) is 0.250. The van der Waals surface area contributed by atoms with Gasteiger partial charge in [-0.05, 0) is 36.4 Å². The highest BCUT2D eigenvalue weighted by molar-refractivity contribution is 7.99. The molecule has 0 unspecified atom stereocenters. The van der Waals surface area contributed by atoms with Gasteiger partial charge in [0.1, 0.15) is 6.26 Å². The van der Waals surface area contributed by atoms with Crippen molar-refractivity contribution in [2.24, 2.45) is 5.73 Å². The Morgan fingerprint density at radius 1 is 1.37 bits per heavy atom. The van der Waals surface area contributed by atoms with Crippen LogP contribution in [-0.2, 0) is 12.7 Å². The van der Waals surface area contributed by atoms with Gasteiger partial charge < -0.3 is 10.2 Å². The topological polar surface area (TPSA) is 52.0 Å². The summed E-state index contributed by atoms with van der Waals surface area (Å²) in [6, 6.07) is 4.01. The van der Waals surface area contributed by atoms with Crippen LogP contribution in [0.4, 0.5) is 13.2 Å². The average Bonchev–Trinajstić information content (AvgIpc) is 2.73. The van der Waals surface area contributed by atoms with Crippen LogP contribution in [0.25, 0.3) is 0 Å². The van der Waals surface area contributed by atoms with E-state index in [1.165, 1.54) is 12.3 Å². The van der Waals surface area contributed by atoms with Gasteiger partial charge in [0, 0.05) is 11.4 Å². The first-order valence-corrected chi connectivity index (χ1v) is 6.22. The molecule has 0 bridgehead atoms. The molecule has 0 saturated heterocycles. The highest BCUT2D eigenvalue weighted by atomic mass is 32.2. The highest BCUT2D eigenvalue weighted by Gasteiger charge is 2.33. The van der Waals surface area contributed by atoms with Gasteiger partial charge in [0.25, 0.3) is 5.22 Å². The number of rotatable bonds is 3. The number of benzene rings is 1. The smallest absolute Gasteiger partial charge is 0.416 e. The van der Waals surface area contributed by atoms with E-state index in [4.69, 9.17) is 10.2 Å². The van der Waals surface area contributed by atoms with E-state index in [1.807, 2.05) is 0 Å². The van der Waals surface area contributed by atoms with Gasteiger partial charge in [0.2, 0.25) is 0 Å². The van der Waals surface area contributed by atoms with Crippen molar-refractivity contribution in [3.63, 3.8) is 0 Å². The number of alkyl halides is 3. The lowest BCUT2D eigenvalue weighted by Crippen LogP contribution is -2.11. The van der Waals surface area contributed by atoms with Crippen LogP contribution in [-0.4, -0.2) is 4.98 Å². The second-order valence-corrected chi connectivity index (χ2v) is 4.90. The van der Waals surface area contributed by atoms with E-state index in [2.05, 4.69) is 4.98 Å². The van der Waals surface area contributed by atoms with Crippen molar-refractivity contribution in [2.75, 3.05) is 0 Å². The molecule has 2 aromatic rings. The van der Waals surface area contributed by atoms with E-state index >= 15 is 0 Å². The largest absolute Gasteiger partial charge is 0.439 e. The number of hydrogen-bond donors (Lipinski definition) is 1. The van der Waals surface area contributed by atoms with Gasteiger partial charge in [-0.1, -0.05) is 6.07 Å². The molecule has 2 rings (SSSR count). The third kappa shape index (κ3) is 3.30. The van der Waals surface area contributed by atoms with Gasteiger partial charge in [-0.25, -0.2) is 4.98 Å². The summed E-state index contributed by atoms with van der Waals surface area (Å²) in [5.74, 6) is 0. The molecule has 0 saturated carbocycles. The summed E-state index contributed by atoms with van der Waals surface area (Å²) < 4.78 is 43.7. The zero-order chi connectivity index (χ0) is 14.0. The minimum Gasteiger partial charge on any atom is -0.439 e. The van der Waals surface area contributed by atoms with Gasteiger partial charge in [0.05, 0.1) is 11.3 Å². The lowest BCUT2D eigenvalue weighted by atomic mass is 10.1. The molecular formula is C12H11F3N2OS. The van der Waals surface area contributed by atoms with Crippen molar-refractivity contribution < 1.29 is 17.6 Å². The van der Waals surface area contributed by atoms with Crippen molar-refractivity contribution in [2.45, 2.75) is 29.8 Å². The normalized spacial score (nSPS) is 11.8. The maximum Gasteiger partial charge on any atom is 0.416 e. The third-order valence-corrected chi connectivity index (χ3v) is 3.26. The van der Waals surface area contributed by atoms with Crippen LogP contribution in [0.15, 0.2) is 39.0 Å². The fourth-order valence-electron chi connectivity index (χ4n) is 1.54. The average molecular weight is 288 g/mol. The van der Waals surface area contributed by atoms with Crippen LogP contribution in [0.3, 0.4) is 0 Å². The van der Waals surface area contributed by atoms with Gasteiger partial charge in [-0.3, -0.25) is 0 Å². The van der Waals surface area contributed by atoms with Crippen LogP contribution in [0, 0.1) is 6.92 Å². The molecule has 0 amide bonds.